The molecule has 0 atom stereocenters. The Hall–Kier alpha value is -1.82. The molecule has 1 fully saturated rings. The molecule has 1 aromatic heterocycles. The topological polar surface area (TPSA) is 57.0 Å². The summed E-state index contributed by atoms with van der Waals surface area (Å²) in [6, 6.07) is 3.73. The summed E-state index contributed by atoms with van der Waals surface area (Å²) in [5.74, 6) is 1.19. The largest absolute Gasteiger partial charge is 0.469 e. The van der Waals surface area contributed by atoms with Crippen LogP contribution in [0.25, 0.3) is 0 Å². The summed E-state index contributed by atoms with van der Waals surface area (Å²) in [7, 11) is 0. The summed E-state index contributed by atoms with van der Waals surface area (Å²) in [5.41, 5.74) is 0. The molecular formula is C17H27N3O3. The molecule has 1 aliphatic heterocycles. The van der Waals surface area contributed by atoms with E-state index in [2.05, 4.69) is 4.90 Å². The van der Waals surface area contributed by atoms with E-state index >= 15 is 0 Å². The third kappa shape index (κ3) is 5.10. The van der Waals surface area contributed by atoms with Crippen LogP contribution in [0, 0.1) is 0 Å². The minimum Gasteiger partial charge on any atom is -0.469 e. The summed E-state index contributed by atoms with van der Waals surface area (Å²) in [6.45, 7) is 8.87. The molecule has 1 aliphatic rings. The first-order chi connectivity index (χ1) is 11.1. The van der Waals surface area contributed by atoms with Gasteiger partial charge < -0.3 is 14.2 Å². The zero-order chi connectivity index (χ0) is 16.7. The normalized spacial score (nSPS) is 15.7. The van der Waals surface area contributed by atoms with Crippen molar-refractivity contribution in [3.8, 4) is 0 Å². The molecule has 2 heterocycles. The molecule has 0 aromatic carbocycles. The van der Waals surface area contributed by atoms with Crippen LogP contribution in [-0.2, 0) is 16.0 Å². The second kappa shape index (κ2) is 8.72. The highest BCUT2D eigenvalue weighted by atomic mass is 16.3. The minimum atomic E-state index is 0.163. The van der Waals surface area contributed by atoms with Gasteiger partial charge in [0.2, 0.25) is 11.8 Å². The first-order valence-electron chi connectivity index (χ1n) is 8.44. The average molecular weight is 321 g/mol. The fourth-order valence-corrected chi connectivity index (χ4v) is 2.87. The van der Waals surface area contributed by atoms with Crippen molar-refractivity contribution in [3.63, 3.8) is 0 Å². The molecule has 0 N–H and O–H groups in total. The van der Waals surface area contributed by atoms with Gasteiger partial charge in [0, 0.05) is 52.1 Å². The predicted octanol–water partition coefficient (Wildman–Crippen LogP) is 1.22. The number of carbonyl (C=O) groups excluding carboxylic acids is 2. The van der Waals surface area contributed by atoms with Crippen LogP contribution in [0.1, 0.15) is 26.0 Å². The van der Waals surface area contributed by atoms with E-state index in [4.69, 9.17) is 4.42 Å². The van der Waals surface area contributed by atoms with Gasteiger partial charge in [-0.3, -0.25) is 14.5 Å². The average Bonchev–Trinajstić information content (AvgIpc) is 3.08. The second-order valence-corrected chi connectivity index (χ2v) is 5.80. The number of carbonyl (C=O) groups is 2. The van der Waals surface area contributed by atoms with E-state index in [1.54, 1.807) is 6.26 Å². The molecule has 0 bridgehead atoms. The van der Waals surface area contributed by atoms with Crippen LogP contribution in [0.5, 0.6) is 0 Å². The Bertz CT molecular complexity index is 489. The van der Waals surface area contributed by atoms with E-state index in [0.717, 1.165) is 31.9 Å². The van der Waals surface area contributed by atoms with Gasteiger partial charge in [0.25, 0.3) is 0 Å². The minimum absolute atomic E-state index is 0.163. The van der Waals surface area contributed by atoms with E-state index in [0.29, 0.717) is 32.5 Å². The van der Waals surface area contributed by atoms with Gasteiger partial charge in [0.15, 0.2) is 0 Å². The van der Waals surface area contributed by atoms with Crippen LogP contribution in [0.3, 0.4) is 0 Å². The molecule has 1 saturated heterocycles. The van der Waals surface area contributed by atoms with Crippen molar-refractivity contribution < 1.29 is 14.0 Å². The lowest BCUT2D eigenvalue weighted by Gasteiger charge is -2.35. The predicted molar refractivity (Wildman–Crippen MR) is 88.0 cm³/mol. The number of furan rings is 1. The number of likely N-dealkylation sites (N-methyl/N-ethyl adjacent to an activating group) is 1. The van der Waals surface area contributed by atoms with Crippen LogP contribution in [0.4, 0.5) is 0 Å². The quantitative estimate of drug-likeness (QED) is 0.758. The molecule has 6 nitrogen and oxygen atoms in total. The van der Waals surface area contributed by atoms with Gasteiger partial charge in [-0.1, -0.05) is 0 Å². The maximum absolute atomic E-state index is 12.2. The third-order valence-electron chi connectivity index (χ3n) is 4.37. The number of aryl methyl sites for hydroxylation is 1. The molecule has 0 aliphatic carbocycles. The standard InChI is InChI=1S/C17H27N3O3/c1-3-19(4-2)17(22)14-18-9-11-20(12-10-18)16(21)8-7-15-6-5-13-23-15/h5-6,13H,3-4,7-12,14H2,1-2H3. The van der Waals surface area contributed by atoms with Gasteiger partial charge in [-0.25, -0.2) is 0 Å². The molecule has 0 spiro atoms. The third-order valence-corrected chi connectivity index (χ3v) is 4.37. The molecule has 1 aromatic rings. The highest BCUT2D eigenvalue weighted by Crippen LogP contribution is 2.08. The van der Waals surface area contributed by atoms with Gasteiger partial charge in [-0.05, 0) is 26.0 Å². The van der Waals surface area contributed by atoms with Gasteiger partial charge in [-0.15, -0.1) is 0 Å². The van der Waals surface area contributed by atoms with Gasteiger partial charge in [0.05, 0.1) is 12.8 Å². The lowest BCUT2D eigenvalue weighted by atomic mass is 10.2. The SMILES string of the molecule is CCN(CC)C(=O)CN1CCN(C(=O)CCc2ccco2)CC1. The molecule has 0 saturated carbocycles. The number of rotatable bonds is 7. The van der Waals surface area contributed by atoms with Crippen LogP contribution in [-0.4, -0.2) is 72.3 Å². The second-order valence-electron chi connectivity index (χ2n) is 5.80. The Morgan fingerprint density at radius 3 is 2.43 bits per heavy atom. The number of hydrogen-bond donors (Lipinski definition) is 0. The summed E-state index contributed by atoms with van der Waals surface area (Å²) in [4.78, 5) is 30.2. The molecule has 128 valence electrons. The Morgan fingerprint density at radius 1 is 1.17 bits per heavy atom. The number of hydrogen-bond acceptors (Lipinski definition) is 4. The van der Waals surface area contributed by atoms with Crippen molar-refractivity contribution in [2.45, 2.75) is 26.7 Å². The van der Waals surface area contributed by atoms with Crippen molar-refractivity contribution in [1.29, 1.82) is 0 Å². The smallest absolute Gasteiger partial charge is 0.236 e. The molecule has 2 amide bonds. The fourth-order valence-electron chi connectivity index (χ4n) is 2.87. The fraction of sp³-hybridized carbons (Fsp3) is 0.647. The van der Waals surface area contributed by atoms with E-state index in [9.17, 15) is 9.59 Å². The summed E-state index contributed by atoms with van der Waals surface area (Å²) in [6.07, 6.45) is 2.75. The van der Waals surface area contributed by atoms with E-state index < -0.39 is 0 Å². The number of piperazine rings is 1. The highest BCUT2D eigenvalue weighted by Gasteiger charge is 2.23. The maximum Gasteiger partial charge on any atom is 0.236 e. The summed E-state index contributed by atoms with van der Waals surface area (Å²) >= 11 is 0. The monoisotopic (exact) mass is 321 g/mol. The Balaban J connectivity index is 1.70. The zero-order valence-corrected chi connectivity index (χ0v) is 14.2. The molecule has 0 unspecified atom stereocenters. The molecule has 2 rings (SSSR count). The van der Waals surface area contributed by atoms with Crippen molar-refractivity contribution in [3.05, 3.63) is 24.2 Å². The zero-order valence-electron chi connectivity index (χ0n) is 14.2. The van der Waals surface area contributed by atoms with Crippen molar-refractivity contribution in [2.75, 3.05) is 45.8 Å². The number of amides is 2. The lowest BCUT2D eigenvalue weighted by Crippen LogP contribution is -2.51. The molecule has 0 radical (unpaired) electrons. The lowest BCUT2D eigenvalue weighted by molar-refractivity contribution is -0.135. The highest BCUT2D eigenvalue weighted by molar-refractivity contribution is 5.78. The van der Waals surface area contributed by atoms with Crippen LogP contribution in [0.15, 0.2) is 22.8 Å². The van der Waals surface area contributed by atoms with Crippen LogP contribution in [0.2, 0.25) is 0 Å². The number of nitrogens with zero attached hydrogens (tertiary/aromatic N) is 3. The van der Waals surface area contributed by atoms with E-state index in [1.165, 1.54) is 0 Å². The molecule has 23 heavy (non-hydrogen) atoms. The Kier molecular flexibility index (Phi) is 6.65. The first-order valence-corrected chi connectivity index (χ1v) is 8.44. The van der Waals surface area contributed by atoms with Crippen LogP contribution >= 0.6 is 0 Å². The Labute approximate surface area is 138 Å². The van der Waals surface area contributed by atoms with Crippen molar-refractivity contribution in [1.82, 2.24) is 14.7 Å². The summed E-state index contributed by atoms with van der Waals surface area (Å²) < 4.78 is 5.25. The van der Waals surface area contributed by atoms with E-state index in [1.807, 2.05) is 35.8 Å². The van der Waals surface area contributed by atoms with E-state index in [-0.39, 0.29) is 11.8 Å². The van der Waals surface area contributed by atoms with Crippen LogP contribution < -0.4 is 0 Å². The first kappa shape index (κ1) is 17.5. The van der Waals surface area contributed by atoms with Gasteiger partial charge in [-0.2, -0.15) is 0 Å². The summed E-state index contributed by atoms with van der Waals surface area (Å²) in [5, 5.41) is 0. The van der Waals surface area contributed by atoms with Crippen molar-refractivity contribution in [2.24, 2.45) is 0 Å². The molecule has 6 heteroatoms. The van der Waals surface area contributed by atoms with Gasteiger partial charge >= 0.3 is 0 Å². The Morgan fingerprint density at radius 2 is 1.87 bits per heavy atom. The molecular weight excluding hydrogens is 294 g/mol. The van der Waals surface area contributed by atoms with Gasteiger partial charge in [0.1, 0.15) is 5.76 Å². The van der Waals surface area contributed by atoms with Crippen molar-refractivity contribution >= 4 is 11.8 Å². The maximum atomic E-state index is 12.2.